The summed E-state index contributed by atoms with van der Waals surface area (Å²) in [5.41, 5.74) is 1.37. The predicted octanol–water partition coefficient (Wildman–Crippen LogP) is 4.77. The largest absolute Gasteiger partial charge is 0.327 e. The monoisotopic (exact) mass is 298 g/mol. The van der Waals surface area contributed by atoms with Crippen LogP contribution in [0.2, 0.25) is 5.02 Å². The molecule has 2 rings (SSSR count). The molecule has 1 heterocycles. The van der Waals surface area contributed by atoms with Gasteiger partial charge >= 0.3 is 0 Å². The molecule has 0 aliphatic rings. The van der Waals surface area contributed by atoms with Crippen molar-refractivity contribution in [3.8, 4) is 0 Å². The van der Waals surface area contributed by atoms with Crippen LogP contribution >= 0.6 is 23.2 Å². The summed E-state index contributed by atoms with van der Waals surface area (Å²) >= 11 is 11.8. The molecule has 0 aliphatic heterocycles. The minimum absolute atomic E-state index is 0.243. The quantitative estimate of drug-likeness (QED) is 0.756. The number of nitrogens with zero attached hydrogens (tertiary/aromatic N) is 2. The van der Waals surface area contributed by atoms with E-state index in [4.69, 9.17) is 23.2 Å². The van der Waals surface area contributed by atoms with Crippen molar-refractivity contribution in [3.63, 3.8) is 0 Å². The van der Waals surface area contributed by atoms with Gasteiger partial charge in [0.15, 0.2) is 0 Å². The minimum Gasteiger partial charge on any atom is -0.327 e. The summed E-state index contributed by atoms with van der Waals surface area (Å²) < 4.78 is 13.3. The Bertz CT molecular complexity index is 575. The standard InChI is InChI=1S/C14H13Cl2FN2/c1-2-19(11-5-3-4-10(17)8-11)14-7-6-12(16)13(9-15)18-14/h3-8H,2,9H2,1H3. The third-order valence-corrected chi connectivity index (χ3v) is 3.34. The molecule has 2 aromatic rings. The molecule has 0 radical (unpaired) electrons. The van der Waals surface area contributed by atoms with Crippen LogP contribution in [0.25, 0.3) is 0 Å². The Morgan fingerprint density at radius 1 is 1.26 bits per heavy atom. The molecular formula is C14H13Cl2FN2. The molecule has 0 unspecified atom stereocenters. The SMILES string of the molecule is CCN(c1cccc(F)c1)c1ccc(Cl)c(CCl)n1. The van der Waals surface area contributed by atoms with Gasteiger partial charge in [0.1, 0.15) is 11.6 Å². The average Bonchev–Trinajstić information content (AvgIpc) is 2.41. The van der Waals surface area contributed by atoms with Gasteiger partial charge < -0.3 is 4.90 Å². The zero-order chi connectivity index (χ0) is 13.8. The number of aromatic nitrogens is 1. The van der Waals surface area contributed by atoms with Gasteiger partial charge in [-0.25, -0.2) is 9.37 Å². The highest BCUT2D eigenvalue weighted by Crippen LogP contribution is 2.27. The molecule has 0 N–H and O–H groups in total. The number of pyridine rings is 1. The van der Waals surface area contributed by atoms with E-state index in [-0.39, 0.29) is 11.7 Å². The van der Waals surface area contributed by atoms with Crippen molar-refractivity contribution in [2.45, 2.75) is 12.8 Å². The molecule has 0 atom stereocenters. The maximum Gasteiger partial charge on any atom is 0.133 e. The van der Waals surface area contributed by atoms with Gasteiger partial charge in [-0.1, -0.05) is 17.7 Å². The molecule has 100 valence electrons. The number of rotatable bonds is 4. The second-order valence-electron chi connectivity index (χ2n) is 3.96. The normalized spacial score (nSPS) is 10.5. The van der Waals surface area contributed by atoms with Gasteiger partial charge in [0.25, 0.3) is 0 Å². The van der Waals surface area contributed by atoms with Crippen molar-refractivity contribution < 1.29 is 4.39 Å². The van der Waals surface area contributed by atoms with Gasteiger partial charge in [-0.15, -0.1) is 11.6 Å². The van der Waals surface area contributed by atoms with Crippen molar-refractivity contribution in [3.05, 3.63) is 52.9 Å². The van der Waals surface area contributed by atoms with Crippen molar-refractivity contribution in [1.29, 1.82) is 0 Å². The number of alkyl halides is 1. The molecule has 1 aromatic heterocycles. The predicted molar refractivity (Wildman–Crippen MR) is 77.9 cm³/mol. The second kappa shape index (κ2) is 6.22. The highest BCUT2D eigenvalue weighted by atomic mass is 35.5. The van der Waals surface area contributed by atoms with Gasteiger partial charge in [0.2, 0.25) is 0 Å². The second-order valence-corrected chi connectivity index (χ2v) is 4.63. The van der Waals surface area contributed by atoms with E-state index in [1.807, 2.05) is 17.9 Å². The average molecular weight is 299 g/mol. The summed E-state index contributed by atoms with van der Waals surface area (Å²) in [4.78, 5) is 6.31. The maximum absolute atomic E-state index is 13.3. The molecule has 19 heavy (non-hydrogen) atoms. The van der Waals surface area contributed by atoms with Gasteiger partial charge in [-0.3, -0.25) is 0 Å². The van der Waals surface area contributed by atoms with E-state index in [0.717, 1.165) is 5.69 Å². The fraction of sp³-hybridized carbons (Fsp3) is 0.214. The van der Waals surface area contributed by atoms with E-state index >= 15 is 0 Å². The molecule has 0 aliphatic carbocycles. The van der Waals surface area contributed by atoms with Gasteiger partial charge in [0.05, 0.1) is 16.6 Å². The summed E-state index contributed by atoms with van der Waals surface area (Å²) in [5.74, 6) is 0.670. The molecule has 1 aromatic carbocycles. The van der Waals surface area contributed by atoms with E-state index in [1.165, 1.54) is 12.1 Å². The molecule has 0 amide bonds. The first-order valence-corrected chi connectivity index (χ1v) is 6.81. The Balaban J connectivity index is 2.42. The van der Waals surface area contributed by atoms with Gasteiger partial charge in [0, 0.05) is 12.2 Å². The van der Waals surface area contributed by atoms with E-state index in [0.29, 0.717) is 23.1 Å². The van der Waals surface area contributed by atoms with Crippen LogP contribution in [0.1, 0.15) is 12.6 Å². The fourth-order valence-electron chi connectivity index (χ4n) is 1.84. The zero-order valence-corrected chi connectivity index (χ0v) is 11.9. The Labute approximate surface area is 121 Å². The van der Waals surface area contributed by atoms with E-state index in [2.05, 4.69) is 4.98 Å². The first-order valence-electron chi connectivity index (χ1n) is 5.90. The molecule has 2 nitrogen and oxygen atoms in total. The van der Waals surface area contributed by atoms with Crippen LogP contribution in [0.4, 0.5) is 15.9 Å². The summed E-state index contributed by atoms with van der Waals surface area (Å²) in [6, 6.07) is 9.95. The van der Waals surface area contributed by atoms with Crippen LogP contribution in [0.5, 0.6) is 0 Å². The highest BCUT2D eigenvalue weighted by Gasteiger charge is 2.11. The maximum atomic E-state index is 13.3. The lowest BCUT2D eigenvalue weighted by molar-refractivity contribution is 0.627. The number of benzene rings is 1. The van der Waals surface area contributed by atoms with E-state index in [9.17, 15) is 4.39 Å². The molecular weight excluding hydrogens is 286 g/mol. The summed E-state index contributed by atoms with van der Waals surface area (Å²) in [6.45, 7) is 2.64. The molecule has 0 bridgehead atoms. The van der Waals surface area contributed by atoms with Crippen LogP contribution in [0.3, 0.4) is 0 Å². The van der Waals surface area contributed by atoms with Gasteiger partial charge in [-0.2, -0.15) is 0 Å². The summed E-state index contributed by atoms with van der Waals surface area (Å²) in [7, 11) is 0. The summed E-state index contributed by atoms with van der Waals surface area (Å²) in [6.07, 6.45) is 0. The Morgan fingerprint density at radius 3 is 2.68 bits per heavy atom. The van der Waals surface area contributed by atoms with Crippen molar-refractivity contribution in [2.24, 2.45) is 0 Å². The molecule has 5 heteroatoms. The number of hydrogen-bond acceptors (Lipinski definition) is 2. The number of anilines is 2. The van der Waals surface area contributed by atoms with Crippen LogP contribution in [0.15, 0.2) is 36.4 Å². The fourth-order valence-corrected chi connectivity index (χ4v) is 2.28. The number of hydrogen-bond donors (Lipinski definition) is 0. The van der Waals surface area contributed by atoms with Crippen LogP contribution in [-0.4, -0.2) is 11.5 Å². The Morgan fingerprint density at radius 2 is 2.05 bits per heavy atom. The first kappa shape index (κ1) is 14.1. The lowest BCUT2D eigenvalue weighted by Gasteiger charge is -2.22. The lowest BCUT2D eigenvalue weighted by Crippen LogP contribution is -2.18. The molecule has 0 saturated carbocycles. The third kappa shape index (κ3) is 3.17. The van der Waals surface area contributed by atoms with Crippen LogP contribution in [-0.2, 0) is 5.88 Å². The topological polar surface area (TPSA) is 16.1 Å². The van der Waals surface area contributed by atoms with Crippen LogP contribution < -0.4 is 4.90 Å². The number of halogens is 3. The van der Waals surface area contributed by atoms with E-state index in [1.54, 1.807) is 18.2 Å². The van der Waals surface area contributed by atoms with Gasteiger partial charge in [-0.05, 0) is 37.3 Å². The summed E-state index contributed by atoms with van der Waals surface area (Å²) in [5, 5.41) is 0.536. The minimum atomic E-state index is -0.275. The van der Waals surface area contributed by atoms with Crippen molar-refractivity contribution in [1.82, 2.24) is 4.98 Å². The van der Waals surface area contributed by atoms with Crippen molar-refractivity contribution in [2.75, 3.05) is 11.4 Å². The van der Waals surface area contributed by atoms with Crippen LogP contribution in [0, 0.1) is 5.82 Å². The lowest BCUT2D eigenvalue weighted by atomic mass is 10.2. The third-order valence-electron chi connectivity index (χ3n) is 2.74. The highest BCUT2D eigenvalue weighted by molar-refractivity contribution is 6.32. The first-order chi connectivity index (χ1) is 9.15. The Hall–Kier alpha value is -1.32. The molecule has 0 saturated heterocycles. The Kier molecular flexibility index (Phi) is 4.61. The zero-order valence-electron chi connectivity index (χ0n) is 10.4. The van der Waals surface area contributed by atoms with E-state index < -0.39 is 0 Å². The molecule has 0 spiro atoms. The smallest absolute Gasteiger partial charge is 0.133 e. The molecule has 0 fully saturated rings. The van der Waals surface area contributed by atoms with Crippen molar-refractivity contribution >= 4 is 34.7 Å².